The number of nitrogens with zero attached hydrogens (tertiary/aromatic N) is 1. The highest BCUT2D eigenvalue weighted by Gasteiger charge is 1.70. The van der Waals surface area contributed by atoms with Crippen LogP contribution in [-0.4, -0.2) is 9.97 Å². The van der Waals surface area contributed by atoms with Crippen LogP contribution in [0.25, 0.3) is 0 Å². The quantitative estimate of drug-likeness (QED) is 0.576. The van der Waals surface area contributed by atoms with Crippen LogP contribution in [0, 0.1) is 6.92 Å². The fourth-order valence-corrected chi connectivity index (χ4v) is 0.601. The number of nitrogens with one attached hydrogen (secondary N) is 1. The first-order chi connectivity index (χ1) is 4.89. The van der Waals surface area contributed by atoms with Gasteiger partial charge in [-0.05, 0) is 18.6 Å². The maximum atomic E-state index is 4.00. The second kappa shape index (κ2) is 3.67. The van der Waals surface area contributed by atoms with Gasteiger partial charge in [0.2, 0.25) is 0 Å². The van der Waals surface area contributed by atoms with Crippen LogP contribution >= 0.6 is 0 Å². The average molecular weight is 134 g/mol. The lowest BCUT2D eigenvalue weighted by Crippen LogP contribution is -1.63. The largest absolute Gasteiger partial charge is 0.366 e. The van der Waals surface area contributed by atoms with Crippen molar-refractivity contribution in [2.24, 2.45) is 0 Å². The van der Waals surface area contributed by atoms with Gasteiger partial charge >= 0.3 is 0 Å². The minimum absolute atomic E-state index is 1.14. The van der Waals surface area contributed by atoms with Gasteiger partial charge < -0.3 is 4.98 Å². The van der Waals surface area contributed by atoms with Gasteiger partial charge in [0.05, 0.1) is 0 Å². The minimum atomic E-state index is 1.14. The molecule has 0 aliphatic heterocycles. The Bertz CT molecular complexity index is 215. The Kier molecular flexibility index (Phi) is 2.49. The Hall–Kier alpha value is -1.31. The van der Waals surface area contributed by atoms with Gasteiger partial charge in [-0.25, -0.2) is 0 Å². The third-order valence-electron chi connectivity index (χ3n) is 1.09. The molecule has 0 fully saturated rings. The SMILES string of the molecule is Cc1ccc[nH]ccnc1. The second-order valence-electron chi connectivity index (χ2n) is 2.03. The highest BCUT2D eigenvalue weighted by atomic mass is 14.7. The molecule has 0 amide bonds. The van der Waals surface area contributed by atoms with E-state index in [0.29, 0.717) is 0 Å². The molecule has 0 saturated heterocycles. The van der Waals surface area contributed by atoms with Crippen LogP contribution in [0.3, 0.4) is 0 Å². The molecule has 0 saturated carbocycles. The Morgan fingerprint density at radius 2 is 2.30 bits per heavy atom. The van der Waals surface area contributed by atoms with E-state index in [2.05, 4.69) is 9.97 Å². The third-order valence-corrected chi connectivity index (χ3v) is 1.09. The monoisotopic (exact) mass is 134 g/mol. The standard InChI is InChI=1S/C8H10N2/c1-8-3-2-4-9-5-6-10-7-8/h2-7,9H,1H3. The van der Waals surface area contributed by atoms with Crippen molar-refractivity contribution >= 4 is 0 Å². The topological polar surface area (TPSA) is 28.7 Å². The number of hydrogen-bond acceptors (Lipinski definition) is 1. The number of rotatable bonds is 0. The smallest absolute Gasteiger partial charge is 0.0428 e. The molecule has 0 bridgehead atoms. The van der Waals surface area contributed by atoms with Crippen LogP contribution in [-0.2, 0) is 0 Å². The fourth-order valence-electron chi connectivity index (χ4n) is 0.601. The number of hydrogen-bond donors (Lipinski definition) is 1. The van der Waals surface area contributed by atoms with Crippen LogP contribution in [0.2, 0.25) is 0 Å². The van der Waals surface area contributed by atoms with Crippen molar-refractivity contribution in [1.29, 1.82) is 0 Å². The van der Waals surface area contributed by atoms with Crippen LogP contribution in [0.4, 0.5) is 0 Å². The lowest BCUT2D eigenvalue weighted by atomic mass is 10.4. The first kappa shape index (κ1) is 6.81. The number of H-pyrrole nitrogens is 1. The first-order valence-corrected chi connectivity index (χ1v) is 3.17. The first-order valence-electron chi connectivity index (χ1n) is 3.17. The third kappa shape index (κ3) is 2.31. The number of aromatic nitrogens is 2. The molecule has 1 rings (SSSR count). The van der Waals surface area contributed by atoms with Crippen molar-refractivity contribution in [1.82, 2.24) is 9.97 Å². The molecule has 1 aromatic rings. The molecule has 0 radical (unpaired) electrons. The zero-order valence-corrected chi connectivity index (χ0v) is 5.91. The maximum absolute atomic E-state index is 4.00. The fraction of sp³-hybridized carbons (Fsp3) is 0.125. The summed E-state index contributed by atoms with van der Waals surface area (Å²) in [4.78, 5) is 6.92. The normalized spacial score (nSPS) is 8.50. The zero-order chi connectivity index (χ0) is 7.23. The molecule has 1 aromatic heterocycles. The van der Waals surface area contributed by atoms with Gasteiger partial charge in [0.25, 0.3) is 0 Å². The molecule has 2 nitrogen and oxygen atoms in total. The van der Waals surface area contributed by atoms with E-state index in [4.69, 9.17) is 0 Å². The van der Waals surface area contributed by atoms with Gasteiger partial charge in [0.1, 0.15) is 0 Å². The van der Waals surface area contributed by atoms with Gasteiger partial charge in [0, 0.05) is 24.8 Å². The number of aryl methyl sites for hydroxylation is 1. The molecule has 0 aromatic carbocycles. The van der Waals surface area contributed by atoms with Crippen molar-refractivity contribution in [3.05, 3.63) is 42.5 Å². The van der Waals surface area contributed by atoms with Gasteiger partial charge in [-0.3, -0.25) is 4.98 Å². The molecule has 0 aliphatic rings. The summed E-state index contributed by atoms with van der Waals surface area (Å²) in [5, 5.41) is 0. The summed E-state index contributed by atoms with van der Waals surface area (Å²) < 4.78 is 0. The molecular weight excluding hydrogens is 124 g/mol. The van der Waals surface area contributed by atoms with E-state index in [0.717, 1.165) is 5.56 Å². The van der Waals surface area contributed by atoms with Crippen molar-refractivity contribution in [2.45, 2.75) is 6.92 Å². The summed E-state index contributed by atoms with van der Waals surface area (Å²) in [5.41, 5.74) is 1.14. The summed E-state index contributed by atoms with van der Waals surface area (Å²) >= 11 is 0. The van der Waals surface area contributed by atoms with Crippen molar-refractivity contribution in [2.75, 3.05) is 0 Å². The summed E-state index contributed by atoms with van der Waals surface area (Å²) in [6.07, 6.45) is 7.16. The van der Waals surface area contributed by atoms with Gasteiger partial charge in [0.15, 0.2) is 0 Å². The van der Waals surface area contributed by atoms with E-state index in [-0.39, 0.29) is 0 Å². The molecule has 0 atom stereocenters. The molecule has 10 heavy (non-hydrogen) atoms. The summed E-state index contributed by atoms with van der Waals surface area (Å²) in [7, 11) is 0. The molecule has 52 valence electrons. The minimum Gasteiger partial charge on any atom is -0.366 e. The van der Waals surface area contributed by atoms with Gasteiger partial charge in [-0.15, -0.1) is 0 Å². The van der Waals surface area contributed by atoms with E-state index in [9.17, 15) is 0 Å². The van der Waals surface area contributed by atoms with Crippen molar-refractivity contribution in [3.8, 4) is 0 Å². The maximum Gasteiger partial charge on any atom is 0.0428 e. The molecule has 0 spiro atoms. The second-order valence-corrected chi connectivity index (χ2v) is 2.03. The zero-order valence-electron chi connectivity index (χ0n) is 5.91. The van der Waals surface area contributed by atoms with E-state index in [1.54, 1.807) is 12.4 Å². The van der Waals surface area contributed by atoms with E-state index in [1.807, 2.05) is 31.5 Å². The predicted octanol–water partition coefficient (Wildman–Crippen LogP) is 1.84. The van der Waals surface area contributed by atoms with Crippen LogP contribution < -0.4 is 0 Å². The van der Waals surface area contributed by atoms with E-state index >= 15 is 0 Å². The summed E-state index contributed by atoms with van der Waals surface area (Å²) in [6, 6.07) is 3.93. The highest BCUT2D eigenvalue weighted by molar-refractivity contribution is 5.02. The molecule has 0 unspecified atom stereocenters. The van der Waals surface area contributed by atoms with Crippen LogP contribution in [0.5, 0.6) is 0 Å². The van der Waals surface area contributed by atoms with Crippen LogP contribution in [0.1, 0.15) is 5.56 Å². The Labute approximate surface area is 60.3 Å². The molecular formula is C8H10N2. The molecule has 1 heterocycles. The Morgan fingerprint density at radius 1 is 1.40 bits per heavy atom. The lowest BCUT2D eigenvalue weighted by molar-refractivity contribution is 1.27. The summed E-state index contributed by atoms with van der Waals surface area (Å²) in [6.45, 7) is 2.01. The summed E-state index contributed by atoms with van der Waals surface area (Å²) in [5.74, 6) is 0. The molecule has 2 heteroatoms. The lowest BCUT2D eigenvalue weighted by Gasteiger charge is -1.76. The van der Waals surface area contributed by atoms with Gasteiger partial charge in [-0.1, -0.05) is 6.07 Å². The van der Waals surface area contributed by atoms with Gasteiger partial charge in [-0.2, -0.15) is 0 Å². The van der Waals surface area contributed by atoms with E-state index < -0.39 is 0 Å². The average Bonchev–Trinajstić information content (AvgIpc) is 2.02. The number of aromatic amines is 1. The Balaban J connectivity index is 3.13. The molecule has 0 aliphatic carbocycles. The predicted molar refractivity (Wildman–Crippen MR) is 41.0 cm³/mol. The highest BCUT2D eigenvalue weighted by Crippen LogP contribution is 1.85. The molecule has 1 N–H and O–H groups in total. The Morgan fingerprint density at radius 3 is 3.20 bits per heavy atom. The van der Waals surface area contributed by atoms with Crippen molar-refractivity contribution < 1.29 is 0 Å². The van der Waals surface area contributed by atoms with Crippen molar-refractivity contribution in [3.63, 3.8) is 0 Å². The van der Waals surface area contributed by atoms with Crippen LogP contribution in [0.15, 0.2) is 36.9 Å². The van der Waals surface area contributed by atoms with E-state index in [1.165, 1.54) is 0 Å².